The van der Waals surface area contributed by atoms with Crippen molar-refractivity contribution >= 4 is 34.6 Å². The molecule has 1 aliphatic rings. The van der Waals surface area contributed by atoms with Crippen molar-refractivity contribution in [2.45, 2.75) is 0 Å². The number of rotatable bonds is 3. The third-order valence-corrected chi connectivity index (χ3v) is 4.05. The quantitative estimate of drug-likeness (QED) is 0.463. The lowest BCUT2D eigenvalue weighted by Gasteiger charge is -2.26. The zero-order valence-electron chi connectivity index (χ0n) is 12.0. The Balaban J connectivity index is 2.30. The standard InChI is InChI=1S/C15H15IN2O4/c1-21-13-8-10(7-12(16)14(13)19)6-11(9-17)15(20)18-2-4-22-5-3-18/h6-8,19H,2-5H2,1H3/b11-6-. The Labute approximate surface area is 142 Å². The average molecular weight is 414 g/mol. The number of nitrogens with zero attached hydrogens (tertiary/aromatic N) is 2. The van der Waals surface area contributed by atoms with Crippen LogP contribution in [0.4, 0.5) is 0 Å². The van der Waals surface area contributed by atoms with E-state index in [0.29, 0.717) is 41.2 Å². The maximum absolute atomic E-state index is 12.3. The SMILES string of the molecule is COc1cc(/C=C(/C#N)C(=O)N2CCOCC2)cc(I)c1O. The molecule has 0 radical (unpaired) electrons. The molecule has 0 spiro atoms. The summed E-state index contributed by atoms with van der Waals surface area (Å²) in [5, 5.41) is 19.1. The number of halogens is 1. The van der Waals surface area contributed by atoms with Gasteiger partial charge in [0.05, 0.1) is 23.9 Å². The van der Waals surface area contributed by atoms with E-state index in [1.165, 1.54) is 13.2 Å². The Morgan fingerprint density at radius 2 is 2.18 bits per heavy atom. The first kappa shape index (κ1) is 16.6. The molecular formula is C15H15IN2O4. The smallest absolute Gasteiger partial charge is 0.264 e. The summed E-state index contributed by atoms with van der Waals surface area (Å²) in [5.41, 5.74) is 0.669. The van der Waals surface area contributed by atoms with Crippen LogP contribution in [0, 0.1) is 14.9 Å². The molecule has 1 aromatic carbocycles. The first-order valence-electron chi connectivity index (χ1n) is 6.62. The number of ether oxygens (including phenoxy) is 2. The Morgan fingerprint density at radius 3 is 2.77 bits per heavy atom. The zero-order valence-corrected chi connectivity index (χ0v) is 14.2. The van der Waals surface area contributed by atoms with Crippen molar-refractivity contribution in [1.29, 1.82) is 5.26 Å². The number of phenolic OH excluding ortho intramolecular Hbond substituents is 1. The lowest BCUT2D eigenvalue weighted by atomic mass is 10.1. The van der Waals surface area contributed by atoms with Gasteiger partial charge in [0.1, 0.15) is 11.6 Å². The molecule has 1 N–H and O–H groups in total. The van der Waals surface area contributed by atoms with E-state index in [-0.39, 0.29) is 17.2 Å². The van der Waals surface area contributed by atoms with E-state index in [4.69, 9.17) is 9.47 Å². The van der Waals surface area contributed by atoms with Crippen LogP contribution in [-0.4, -0.2) is 49.3 Å². The lowest BCUT2D eigenvalue weighted by Crippen LogP contribution is -2.41. The molecule has 7 heteroatoms. The van der Waals surface area contributed by atoms with Crippen molar-refractivity contribution in [3.05, 3.63) is 26.8 Å². The predicted octanol–water partition coefficient (Wildman–Crippen LogP) is 1.77. The molecule has 0 aromatic heterocycles. The van der Waals surface area contributed by atoms with Crippen molar-refractivity contribution in [2.24, 2.45) is 0 Å². The third-order valence-electron chi connectivity index (χ3n) is 3.23. The maximum atomic E-state index is 12.3. The van der Waals surface area contributed by atoms with Crippen molar-refractivity contribution in [3.63, 3.8) is 0 Å². The number of phenols is 1. The highest BCUT2D eigenvalue weighted by atomic mass is 127. The van der Waals surface area contributed by atoms with Gasteiger partial charge in [0.15, 0.2) is 11.5 Å². The van der Waals surface area contributed by atoms with Gasteiger partial charge in [-0.3, -0.25) is 4.79 Å². The molecule has 1 fully saturated rings. The molecule has 1 aromatic rings. The highest BCUT2D eigenvalue weighted by Gasteiger charge is 2.20. The summed E-state index contributed by atoms with van der Waals surface area (Å²) in [5.74, 6) is 0.0281. The number of benzene rings is 1. The number of hydrogen-bond acceptors (Lipinski definition) is 5. The largest absolute Gasteiger partial charge is 0.504 e. The molecule has 0 atom stereocenters. The summed E-state index contributed by atoms with van der Waals surface area (Å²) in [7, 11) is 1.45. The fourth-order valence-corrected chi connectivity index (χ4v) is 2.70. The molecule has 2 rings (SSSR count). The number of amides is 1. The van der Waals surface area contributed by atoms with Gasteiger partial charge in [0.2, 0.25) is 0 Å². The van der Waals surface area contributed by atoms with Crippen LogP contribution < -0.4 is 4.74 Å². The first-order valence-corrected chi connectivity index (χ1v) is 7.70. The summed E-state index contributed by atoms with van der Waals surface area (Å²) >= 11 is 1.96. The van der Waals surface area contributed by atoms with Gasteiger partial charge >= 0.3 is 0 Å². The third kappa shape index (κ3) is 3.69. The van der Waals surface area contributed by atoms with Gasteiger partial charge in [0, 0.05) is 13.1 Å². The zero-order chi connectivity index (χ0) is 16.1. The summed E-state index contributed by atoms with van der Waals surface area (Å²) in [6.45, 7) is 1.92. The summed E-state index contributed by atoms with van der Waals surface area (Å²) in [6.07, 6.45) is 1.50. The minimum atomic E-state index is -0.312. The van der Waals surface area contributed by atoms with Crippen LogP contribution in [0.3, 0.4) is 0 Å². The van der Waals surface area contributed by atoms with Gasteiger partial charge in [0.25, 0.3) is 5.91 Å². The lowest BCUT2D eigenvalue weighted by molar-refractivity contribution is -0.130. The second kappa shape index (κ2) is 7.47. The van der Waals surface area contributed by atoms with Crippen molar-refractivity contribution in [1.82, 2.24) is 4.90 Å². The number of hydrogen-bond donors (Lipinski definition) is 1. The van der Waals surface area contributed by atoms with Gasteiger partial charge in [-0.25, -0.2) is 0 Å². The normalized spacial score (nSPS) is 15.3. The summed E-state index contributed by atoms with van der Waals surface area (Å²) in [4.78, 5) is 13.9. The molecule has 22 heavy (non-hydrogen) atoms. The predicted molar refractivity (Wildman–Crippen MR) is 88.4 cm³/mol. The topological polar surface area (TPSA) is 82.8 Å². The van der Waals surface area contributed by atoms with Gasteiger partial charge < -0.3 is 19.5 Å². The number of carbonyl (C=O) groups excluding carboxylic acids is 1. The Bertz CT molecular complexity index is 646. The number of carbonyl (C=O) groups is 1. The van der Waals surface area contributed by atoms with Crippen molar-refractivity contribution < 1.29 is 19.4 Å². The fourth-order valence-electron chi connectivity index (χ4n) is 2.08. The van der Waals surface area contributed by atoms with Gasteiger partial charge in [-0.05, 0) is 46.4 Å². The monoisotopic (exact) mass is 414 g/mol. The van der Waals surface area contributed by atoms with Crippen LogP contribution in [0.25, 0.3) is 6.08 Å². The molecule has 0 saturated carbocycles. The first-order chi connectivity index (χ1) is 10.6. The van der Waals surface area contributed by atoms with E-state index in [1.807, 2.05) is 28.7 Å². The number of nitriles is 1. The highest BCUT2D eigenvalue weighted by Crippen LogP contribution is 2.33. The van der Waals surface area contributed by atoms with E-state index < -0.39 is 0 Å². The Kier molecular flexibility index (Phi) is 5.63. The molecule has 116 valence electrons. The van der Waals surface area contributed by atoms with E-state index in [0.717, 1.165) is 0 Å². The number of aromatic hydroxyl groups is 1. The molecular weight excluding hydrogens is 399 g/mol. The summed E-state index contributed by atoms with van der Waals surface area (Å²) in [6, 6.07) is 5.21. The minimum Gasteiger partial charge on any atom is -0.504 e. The average Bonchev–Trinajstić information content (AvgIpc) is 2.55. The Morgan fingerprint density at radius 1 is 1.50 bits per heavy atom. The van der Waals surface area contributed by atoms with Crippen molar-refractivity contribution in [2.75, 3.05) is 33.4 Å². The van der Waals surface area contributed by atoms with Gasteiger partial charge in [-0.1, -0.05) is 0 Å². The van der Waals surface area contributed by atoms with Crippen LogP contribution in [0.2, 0.25) is 0 Å². The van der Waals surface area contributed by atoms with E-state index in [1.54, 1.807) is 17.0 Å². The van der Waals surface area contributed by atoms with Gasteiger partial charge in [-0.15, -0.1) is 0 Å². The van der Waals surface area contributed by atoms with E-state index >= 15 is 0 Å². The molecule has 1 amide bonds. The van der Waals surface area contributed by atoms with Crippen LogP contribution >= 0.6 is 22.6 Å². The molecule has 6 nitrogen and oxygen atoms in total. The van der Waals surface area contributed by atoms with Crippen LogP contribution in [0.15, 0.2) is 17.7 Å². The van der Waals surface area contributed by atoms with E-state index in [9.17, 15) is 15.2 Å². The Hall–Kier alpha value is -1.79. The second-order valence-corrected chi connectivity index (χ2v) is 5.79. The minimum absolute atomic E-state index is 0.0401. The van der Waals surface area contributed by atoms with Crippen LogP contribution in [0.1, 0.15) is 5.56 Å². The van der Waals surface area contributed by atoms with Crippen LogP contribution in [-0.2, 0) is 9.53 Å². The maximum Gasteiger partial charge on any atom is 0.264 e. The molecule has 1 heterocycles. The second-order valence-electron chi connectivity index (χ2n) is 4.63. The van der Waals surface area contributed by atoms with E-state index in [2.05, 4.69) is 0 Å². The highest BCUT2D eigenvalue weighted by molar-refractivity contribution is 14.1. The number of methoxy groups -OCH3 is 1. The molecule has 0 aliphatic carbocycles. The summed E-state index contributed by atoms with van der Waals surface area (Å²) < 4.78 is 10.9. The van der Waals surface area contributed by atoms with Crippen LogP contribution in [0.5, 0.6) is 11.5 Å². The van der Waals surface area contributed by atoms with Crippen molar-refractivity contribution in [3.8, 4) is 17.6 Å². The molecule has 1 aliphatic heterocycles. The molecule has 0 unspecified atom stereocenters. The van der Waals surface area contributed by atoms with Gasteiger partial charge in [-0.2, -0.15) is 5.26 Å². The molecule has 0 bridgehead atoms. The fraction of sp³-hybridized carbons (Fsp3) is 0.333. The number of morpholine rings is 1. The molecule has 1 saturated heterocycles.